The number of anilines is 1. The number of aromatic hydroxyl groups is 1. The third-order valence-electron chi connectivity index (χ3n) is 13.1. The van der Waals surface area contributed by atoms with Gasteiger partial charge in [0.1, 0.15) is 23.4 Å². The normalized spacial score (nSPS) is 22.9. The van der Waals surface area contributed by atoms with Gasteiger partial charge in [-0.05, 0) is 154 Å². The molecule has 294 valence electrons. The fourth-order valence-corrected chi connectivity index (χ4v) is 9.94. The first-order chi connectivity index (χ1) is 27.6. The van der Waals surface area contributed by atoms with Gasteiger partial charge in [-0.3, -0.25) is 19.3 Å². The molecular weight excluding hydrogens is 720 g/mol. The first kappa shape index (κ1) is 37.1. The van der Waals surface area contributed by atoms with Crippen molar-refractivity contribution in [3.8, 4) is 11.5 Å². The summed E-state index contributed by atoms with van der Waals surface area (Å²) in [6.45, 7) is 9.53. The van der Waals surface area contributed by atoms with E-state index in [1.54, 1.807) is 24.3 Å². The summed E-state index contributed by atoms with van der Waals surface area (Å²) in [4.78, 5) is 45.1. The number of piperidine rings is 2. The number of likely N-dealkylation sites (tertiary alicyclic amines) is 1. The number of hydrogen-bond donors (Lipinski definition) is 2. The highest BCUT2D eigenvalue weighted by atomic mass is 19.1. The number of halogens is 1. The summed E-state index contributed by atoms with van der Waals surface area (Å²) in [6, 6.07) is 25.7. The number of hydrogen-bond acceptors (Lipinski definition) is 7. The molecule has 0 bridgehead atoms. The quantitative estimate of drug-likeness (QED) is 0.127. The van der Waals surface area contributed by atoms with Crippen molar-refractivity contribution >= 4 is 23.4 Å². The van der Waals surface area contributed by atoms with Crippen LogP contribution in [0, 0.1) is 11.2 Å². The second kappa shape index (κ2) is 15.1. The molecule has 1 spiro atoms. The highest BCUT2D eigenvalue weighted by Gasteiger charge is 2.47. The molecule has 9 nitrogen and oxygen atoms in total. The van der Waals surface area contributed by atoms with E-state index in [2.05, 4.69) is 46.0 Å². The van der Waals surface area contributed by atoms with Crippen molar-refractivity contribution in [2.75, 3.05) is 44.2 Å². The van der Waals surface area contributed by atoms with Crippen LogP contribution in [0.2, 0.25) is 0 Å². The number of ether oxygens (including phenoxy) is 1. The van der Waals surface area contributed by atoms with Crippen LogP contribution >= 0.6 is 0 Å². The second-order valence-electron chi connectivity index (χ2n) is 16.7. The molecule has 10 heteroatoms. The van der Waals surface area contributed by atoms with Gasteiger partial charge in [0.25, 0.3) is 11.8 Å². The Kier molecular flexibility index (Phi) is 9.85. The molecular formula is C47H49FN4O5. The van der Waals surface area contributed by atoms with Crippen molar-refractivity contribution in [1.82, 2.24) is 15.1 Å². The maximum atomic E-state index is 13.8. The molecule has 57 heavy (non-hydrogen) atoms. The van der Waals surface area contributed by atoms with E-state index in [0.717, 1.165) is 93.1 Å². The molecule has 5 aliphatic rings. The summed E-state index contributed by atoms with van der Waals surface area (Å²) in [6.07, 6.45) is 7.04. The first-order valence-electron chi connectivity index (χ1n) is 20.4. The molecule has 1 aliphatic carbocycles. The summed E-state index contributed by atoms with van der Waals surface area (Å²) < 4.78 is 20.0. The first-order valence-corrected chi connectivity index (χ1v) is 20.4. The molecule has 3 atom stereocenters. The van der Waals surface area contributed by atoms with Crippen molar-refractivity contribution in [2.24, 2.45) is 5.41 Å². The Bertz CT molecular complexity index is 2210. The van der Waals surface area contributed by atoms with E-state index in [-0.39, 0.29) is 34.7 Å². The van der Waals surface area contributed by atoms with Gasteiger partial charge in [-0.25, -0.2) is 4.39 Å². The van der Waals surface area contributed by atoms with Crippen LogP contribution in [0.15, 0.2) is 97.2 Å². The van der Waals surface area contributed by atoms with Crippen LogP contribution in [-0.2, 0) is 11.2 Å². The van der Waals surface area contributed by atoms with Crippen LogP contribution in [0.1, 0.15) is 99.8 Å². The Labute approximate surface area is 333 Å². The van der Waals surface area contributed by atoms with Crippen LogP contribution in [0.25, 0.3) is 0 Å². The summed E-state index contributed by atoms with van der Waals surface area (Å²) in [7, 11) is 0. The lowest BCUT2D eigenvalue weighted by atomic mass is 9.69. The van der Waals surface area contributed by atoms with Gasteiger partial charge in [-0.15, -0.1) is 0 Å². The number of nitrogens with zero attached hydrogens (tertiary/aromatic N) is 3. The minimum atomic E-state index is -0.802. The molecule has 4 aromatic rings. The molecule has 3 amide bonds. The number of aryl methyl sites for hydroxylation is 1. The van der Waals surface area contributed by atoms with Gasteiger partial charge in [0, 0.05) is 35.8 Å². The van der Waals surface area contributed by atoms with Gasteiger partial charge in [-0.1, -0.05) is 36.9 Å². The molecule has 0 aromatic heterocycles. The number of fused-ring (bicyclic) bond motifs is 2. The molecule has 1 unspecified atom stereocenters. The Hall–Kier alpha value is -5.48. The third-order valence-corrected chi connectivity index (χ3v) is 13.1. The molecule has 3 saturated heterocycles. The van der Waals surface area contributed by atoms with Crippen LogP contribution in [-0.4, -0.2) is 78.0 Å². The Morgan fingerprint density at radius 3 is 2.32 bits per heavy atom. The van der Waals surface area contributed by atoms with Crippen molar-refractivity contribution in [3.63, 3.8) is 0 Å². The van der Waals surface area contributed by atoms with Gasteiger partial charge in [0.05, 0.1) is 17.7 Å². The number of amides is 3. The van der Waals surface area contributed by atoms with Gasteiger partial charge < -0.3 is 25.0 Å². The third kappa shape index (κ3) is 7.20. The predicted molar refractivity (Wildman–Crippen MR) is 216 cm³/mol. The summed E-state index contributed by atoms with van der Waals surface area (Å²) in [5, 5.41) is 12.8. The van der Waals surface area contributed by atoms with Crippen LogP contribution in [0.3, 0.4) is 0 Å². The molecule has 4 aliphatic heterocycles. The Morgan fingerprint density at radius 2 is 1.56 bits per heavy atom. The molecule has 2 N–H and O–H groups in total. The maximum absolute atomic E-state index is 13.8. The molecule has 0 saturated carbocycles. The van der Waals surface area contributed by atoms with E-state index < -0.39 is 17.9 Å². The number of rotatable bonds is 10. The van der Waals surface area contributed by atoms with Gasteiger partial charge >= 0.3 is 0 Å². The van der Waals surface area contributed by atoms with Gasteiger partial charge in [-0.2, -0.15) is 0 Å². The highest BCUT2D eigenvalue weighted by Crippen LogP contribution is 2.47. The molecule has 0 radical (unpaired) electrons. The number of unbranched alkanes of at least 4 members (excludes halogenated alkanes) is 1. The lowest BCUT2D eigenvalue weighted by Gasteiger charge is -2.55. The minimum absolute atomic E-state index is 0.100. The zero-order chi connectivity index (χ0) is 39.3. The highest BCUT2D eigenvalue weighted by molar-refractivity contribution is 6.23. The lowest BCUT2D eigenvalue weighted by molar-refractivity contribution is -0.125. The van der Waals surface area contributed by atoms with Crippen molar-refractivity contribution in [3.05, 3.63) is 136 Å². The largest absolute Gasteiger partial charge is 0.508 e. The predicted octanol–water partition coefficient (Wildman–Crippen LogP) is 7.54. The van der Waals surface area contributed by atoms with Crippen molar-refractivity contribution < 1.29 is 28.6 Å². The van der Waals surface area contributed by atoms with E-state index in [1.807, 2.05) is 36.4 Å². The minimum Gasteiger partial charge on any atom is -0.508 e. The summed E-state index contributed by atoms with van der Waals surface area (Å²) in [5.41, 5.74) is 7.29. The second-order valence-corrected chi connectivity index (χ2v) is 16.7. The van der Waals surface area contributed by atoms with Crippen LogP contribution in [0.5, 0.6) is 11.5 Å². The standard InChI is InChI=1S/C47H49FN4O5/c1-30-4-19-42(44(54)49-30)52-45(55)40-17-12-35(27-41(40)46(52)56)51-28-47(29-51)20-23-50(24-21-47)22-2-3-25-57-37-14-7-32(8-15-37)43-38(31-5-10-34(48)11-6-31)16-9-33-26-36(53)13-18-39(33)43/h5-8,10-15,17-18,26-27,38,42-43,53H,1-4,9,16,19-25,28-29H2,(H,49,54)/t38-,42?,43+/m1/s1. The number of imide groups is 1. The van der Waals surface area contributed by atoms with Crippen LogP contribution < -0.4 is 15.0 Å². The smallest absolute Gasteiger partial charge is 0.262 e. The van der Waals surface area contributed by atoms with Crippen LogP contribution in [0.4, 0.5) is 10.1 Å². The van der Waals surface area contributed by atoms with Gasteiger partial charge in [0.15, 0.2) is 0 Å². The SMILES string of the molecule is C=C1CCC(N2C(=O)c3ccc(N4CC5(CCN(CCCCOc6ccc([C@@H]7c8ccc(O)cc8CC[C@@H]7c7ccc(F)cc7)cc6)CC5)C4)cc3C2=O)C(=O)N1. The maximum Gasteiger partial charge on any atom is 0.262 e. The Balaban J connectivity index is 0.728. The number of phenolic OH excluding ortho intramolecular Hbond substituents is 1. The monoisotopic (exact) mass is 768 g/mol. The van der Waals surface area contributed by atoms with E-state index in [0.29, 0.717) is 36.3 Å². The number of phenols is 1. The fourth-order valence-electron chi connectivity index (χ4n) is 9.94. The summed E-state index contributed by atoms with van der Waals surface area (Å²) >= 11 is 0. The number of carbonyl (C=O) groups is 3. The summed E-state index contributed by atoms with van der Waals surface area (Å²) in [5.74, 6) is 0.0816. The van der Waals surface area contributed by atoms with E-state index in [1.165, 1.54) is 16.7 Å². The number of allylic oxidation sites excluding steroid dienone is 1. The fraction of sp³-hybridized carbons (Fsp3) is 0.383. The average molecular weight is 769 g/mol. The van der Waals surface area contributed by atoms with E-state index in [9.17, 15) is 23.9 Å². The molecule has 3 fully saturated rings. The molecule has 9 rings (SSSR count). The van der Waals surface area contributed by atoms with Crippen molar-refractivity contribution in [2.45, 2.75) is 69.2 Å². The topological polar surface area (TPSA) is 102 Å². The van der Waals surface area contributed by atoms with Gasteiger partial charge in [0.2, 0.25) is 5.91 Å². The average Bonchev–Trinajstić information content (AvgIpc) is 3.45. The molecule has 4 heterocycles. The zero-order valence-electron chi connectivity index (χ0n) is 32.2. The number of benzene rings is 4. The van der Waals surface area contributed by atoms with E-state index in [4.69, 9.17) is 4.74 Å². The lowest BCUT2D eigenvalue weighted by Crippen LogP contribution is -2.60. The number of nitrogens with one attached hydrogen (secondary N) is 1. The Morgan fingerprint density at radius 1 is 0.825 bits per heavy atom. The zero-order valence-corrected chi connectivity index (χ0v) is 32.2. The number of carbonyl (C=O) groups excluding carboxylic acids is 3. The molecule has 4 aromatic carbocycles. The van der Waals surface area contributed by atoms with Crippen molar-refractivity contribution in [1.29, 1.82) is 0 Å². The van der Waals surface area contributed by atoms with E-state index >= 15 is 0 Å².